The third kappa shape index (κ3) is 3.52. The van der Waals surface area contributed by atoms with Crippen molar-refractivity contribution >= 4 is 29.1 Å². The van der Waals surface area contributed by atoms with Crippen LogP contribution in [-0.2, 0) is 11.3 Å². The molecule has 7 heteroatoms. The van der Waals surface area contributed by atoms with Crippen LogP contribution in [0.25, 0.3) is 0 Å². The van der Waals surface area contributed by atoms with E-state index >= 15 is 0 Å². The Morgan fingerprint density at radius 1 is 1.15 bits per heavy atom. The second kappa shape index (κ2) is 7.62. The molecule has 2 aliphatic rings. The minimum Gasteiger partial charge on any atom is -0.311 e. The number of rotatable bonds is 5. The molecule has 2 aliphatic heterocycles. The molecule has 0 spiro atoms. The molecule has 2 atom stereocenters. The molecule has 140 valence electrons. The van der Waals surface area contributed by atoms with E-state index in [1.807, 2.05) is 35.7 Å². The lowest BCUT2D eigenvalue weighted by Crippen LogP contribution is -2.69. The van der Waals surface area contributed by atoms with Gasteiger partial charge in [0.25, 0.3) is 0 Å². The van der Waals surface area contributed by atoms with E-state index in [1.165, 1.54) is 16.2 Å². The van der Waals surface area contributed by atoms with E-state index in [2.05, 4.69) is 5.32 Å². The van der Waals surface area contributed by atoms with Crippen molar-refractivity contribution in [3.63, 3.8) is 0 Å². The number of piperidine rings is 1. The number of benzene rings is 1. The number of carbonyl (C=O) groups excluding carboxylic acids is 3. The van der Waals surface area contributed by atoms with Crippen molar-refractivity contribution in [3.8, 4) is 0 Å². The second-order valence-electron chi connectivity index (χ2n) is 6.84. The minimum atomic E-state index is -0.444. The van der Waals surface area contributed by atoms with Crippen molar-refractivity contribution in [1.82, 2.24) is 15.1 Å². The number of hydrogen-bond acceptors (Lipinski definition) is 5. The van der Waals surface area contributed by atoms with Crippen molar-refractivity contribution in [2.75, 3.05) is 13.1 Å². The molecule has 1 aromatic heterocycles. The van der Waals surface area contributed by atoms with Gasteiger partial charge in [-0.3, -0.25) is 14.5 Å². The summed E-state index contributed by atoms with van der Waals surface area (Å²) in [5.74, 6) is -0.305. The number of thiophene rings is 1. The molecule has 1 aromatic carbocycles. The molecule has 0 radical (unpaired) electrons. The van der Waals surface area contributed by atoms with Crippen LogP contribution in [-0.4, -0.2) is 52.7 Å². The summed E-state index contributed by atoms with van der Waals surface area (Å²) in [4.78, 5) is 42.6. The molecule has 2 fully saturated rings. The fourth-order valence-corrected chi connectivity index (χ4v) is 4.47. The van der Waals surface area contributed by atoms with Gasteiger partial charge in [0.15, 0.2) is 5.78 Å². The van der Waals surface area contributed by atoms with Crippen LogP contribution in [0.4, 0.5) is 4.79 Å². The number of Topliss-reactive ketones (excluding diaryl/α,β-unsaturated/α-hetero) is 1. The second-order valence-corrected chi connectivity index (χ2v) is 7.88. The highest BCUT2D eigenvalue weighted by Crippen LogP contribution is 2.27. The van der Waals surface area contributed by atoms with Gasteiger partial charge in [-0.25, -0.2) is 4.79 Å². The molecule has 3 amide bonds. The lowest BCUT2D eigenvalue weighted by Gasteiger charge is -2.46. The minimum absolute atomic E-state index is 0.0140. The Kier molecular flexibility index (Phi) is 5.05. The number of ketones is 1. The van der Waals surface area contributed by atoms with Crippen molar-refractivity contribution < 1.29 is 14.4 Å². The lowest BCUT2D eigenvalue weighted by atomic mass is 9.93. The highest BCUT2D eigenvalue weighted by molar-refractivity contribution is 7.09. The maximum absolute atomic E-state index is 13.1. The van der Waals surface area contributed by atoms with E-state index in [0.29, 0.717) is 5.56 Å². The van der Waals surface area contributed by atoms with Gasteiger partial charge in [0.2, 0.25) is 5.91 Å². The fourth-order valence-electron chi connectivity index (χ4n) is 3.78. The molecule has 0 saturated carbocycles. The Hall–Kier alpha value is -2.51. The number of nitrogens with zero attached hydrogens (tertiary/aromatic N) is 2. The van der Waals surface area contributed by atoms with Gasteiger partial charge in [0.1, 0.15) is 6.04 Å². The third-order valence-corrected chi connectivity index (χ3v) is 6.00. The van der Waals surface area contributed by atoms with Crippen LogP contribution in [0.2, 0.25) is 0 Å². The molecular weight excluding hydrogens is 362 g/mol. The fraction of sp³-hybridized carbons (Fsp3) is 0.350. The van der Waals surface area contributed by atoms with Crippen LogP contribution < -0.4 is 5.32 Å². The molecular formula is C20H21N3O3S. The van der Waals surface area contributed by atoms with E-state index in [-0.39, 0.29) is 36.9 Å². The van der Waals surface area contributed by atoms with Gasteiger partial charge in [0.05, 0.1) is 19.1 Å². The molecule has 4 rings (SSSR count). The summed E-state index contributed by atoms with van der Waals surface area (Å²) in [7, 11) is 0. The first-order valence-corrected chi connectivity index (χ1v) is 9.99. The first-order chi connectivity index (χ1) is 13.1. The Bertz CT molecular complexity index is 837. The molecule has 2 aromatic rings. The maximum Gasteiger partial charge on any atom is 0.327 e. The zero-order valence-corrected chi connectivity index (χ0v) is 15.7. The third-order valence-electron chi connectivity index (χ3n) is 5.14. The van der Waals surface area contributed by atoms with Crippen molar-refractivity contribution in [3.05, 3.63) is 58.3 Å². The monoisotopic (exact) mass is 383 g/mol. The standard InChI is InChI=1S/C20H21N3O3S/c24-17(14-6-2-1-3-7-14)13-22-16-9-4-10-21-18(16)19(25)23(20(22)26)12-15-8-5-11-27-15/h1-3,5-8,11,16,18,21H,4,9-10,12-13H2. The molecule has 27 heavy (non-hydrogen) atoms. The van der Waals surface area contributed by atoms with Crippen molar-refractivity contribution in [2.45, 2.75) is 31.5 Å². The molecule has 2 unspecified atom stereocenters. The molecule has 2 saturated heterocycles. The normalized spacial score (nSPS) is 22.7. The maximum atomic E-state index is 13.1. The summed E-state index contributed by atoms with van der Waals surface area (Å²) in [6.45, 7) is 0.977. The van der Waals surface area contributed by atoms with E-state index < -0.39 is 6.04 Å². The topological polar surface area (TPSA) is 69.7 Å². The first kappa shape index (κ1) is 17.9. The van der Waals surface area contributed by atoms with Crippen LogP contribution in [0.3, 0.4) is 0 Å². The summed E-state index contributed by atoms with van der Waals surface area (Å²) in [5, 5.41) is 5.17. The van der Waals surface area contributed by atoms with E-state index in [9.17, 15) is 14.4 Å². The lowest BCUT2D eigenvalue weighted by molar-refractivity contribution is -0.137. The van der Waals surface area contributed by atoms with Gasteiger partial charge >= 0.3 is 6.03 Å². The van der Waals surface area contributed by atoms with Gasteiger partial charge in [-0.2, -0.15) is 0 Å². The van der Waals surface area contributed by atoms with Gasteiger partial charge in [-0.1, -0.05) is 36.4 Å². The zero-order chi connectivity index (χ0) is 18.8. The van der Waals surface area contributed by atoms with Crippen LogP contribution in [0, 0.1) is 0 Å². The average Bonchev–Trinajstić information content (AvgIpc) is 3.22. The van der Waals surface area contributed by atoms with Crippen LogP contribution in [0.1, 0.15) is 28.1 Å². The van der Waals surface area contributed by atoms with E-state index in [4.69, 9.17) is 0 Å². The highest BCUT2D eigenvalue weighted by Gasteiger charge is 2.47. The number of carbonyl (C=O) groups is 3. The first-order valence-electron chi connectivity index (χ1n) is 9.11. The van der Waals surface area contributed by atoms with Crippen LogP contribution in [0.5, 0.6) is 0 Å². The molecule has 3 heterocycles. The summed E-state index contributed by atoms with van der Waals surface area (Å²) in [6, 6.07) is 11.7. The Morgan fingerprint density at radius 3 is 2.70 bits per heavy atom. The largest absolute Gasteiger partial charge is 0.327 e. The van der Waals surface area contributed by atoms with Crippen LogP contribution in [0.15, 0.2) is 47.8 Å². The number of urea groups is 1. The number of imide groups is 1. The summed E-state index contributed by atoms with van der Waals surface area (Å²) >= 11 is 1.51. The number of fused-ring (bicyclic) bond motifs is 1. The molecule has 1 N–H and O–H groups in total. The Morgan fingerprint density at radius 2 is 1.96 bits per heavy atom. The van der Waals surface area contributed by atoms with Crippen molar-refractivity contribution in [2.24, 2.45) is 0 Å². The summed E-state index contributed by atoms with van der Waals surface area (Å²) in [6.07, 6.45) is 1.60. The molecule has 0 aliphatic carbocycles. The molecule has 0 bridgehead atoms. The Balaban J connectivity index is 1.60. The quantitative estimate of drug-likeness (QED) is 0.806. The van der Waals surface area contributed by atoms with E-state index in [0.717, 1.165) is 24.3 Å². The predicted molar refractivity (Wildman–Crippen MR) is 103 cm³/mol. The van der Waals surface area contributed by atoms with Gasteiger partial charge < -0.3 is 10.2 Å². The van der Waals surface area contributed by atoms with Gasteiger partial charge in [-0.15, -0.1) is 11.3 Å². The SMILES string of the molecule is O=C(CN1C(=O)N(Cc2cccs2)C(=O)C2NCCCC21)c1ccccc1. The number of nitrogens with one attached hydrogen (secondary N) is 1. The highest BCUT2D eigenvalue weighted by atomic mass is 32.1. The number of amides is 3. The Labute approximate surface area is 161 Å². The number of hydrogen-bond donors (Lipinski definition) is 1. The van der Waals surface area contributed by atoms with E-state index in [1.54, 1.807) is 17.0 Å². The summed E-state index contributed by atoms with van der Waals surface area (Å²) in [5.41, 5.74) is 0.576. The zero-order valence-electron chi connectivity index (χ0n) is 14.8. The van der Waals surface area contributed by atoms with Gasteiger partial charge in [0, 0.05) is 10.4 Å². The predicted octanol–water partition coefficient (Wildman–Crippen LogP) is 2.52. The molecule has 6 nitrogen and oxygen atoms in total. The summed E-state index contributed by atoms with van der Waals surface area (Å²) < 4.78 is 0. The van der Waals surface area contributed by atoms with Crippen LogP contribution >= 0.6 is 11.3 Å². The van der Waals surface area contributed by atoms with Crippen molar-refractivity contribution in [1.29, 1.82) is 0 Å². The average molecular weight is 383 g/mol. The van der Waals surface area contributed by atoms with Gasteiger partial charge in [-0.05, 0) is 30.8 Å². The smallest absolute Gasteiger partial charge is 0.311 e.